The number of H-pyrrole nitrogens is 1. The van der Waals surface area contributed by atoms with Gasteiger partial charge in [-0.3, -0.25) is 4.79 Å². The van der Waals surface area contributed by atoms with Crippen LogP contribution in [0.5, 0.6) is 0 Å². The van der Waals surface area contributed by atoms with Gasteiger partial charge < -0.3 is 20.5 Å². The second kappa shape index (κ2) is 9.76. The number of aliphatic hydroxyl groups is 1. The lowest BCUT2D eigenvalue weighted by molar-refractivity contribution is -0.119. The lowest BCUT2D eigenvalue weighted by Gasteiger charge is -2.20. The number of cyclic esters (lactones) is 1. The molecule has 1 aromatic heterocycles. The summed E-state index contributed by atoms with van der Waals surface area (Å²) in [4.78, 5) is 24.2. The molecule has 2 aromatic carbocycles. The summed E-state index contributed by atoms with van der Waals surface area (Å²) in [6.07, 6.45) is -1.47. The Labute approximate surface area is 188 Å². The molecule has 10 nitrogen and oxygen atoms in total. The maximum atomic E-state index is 14.9. The molecule has 1 unspecified atom stereocenters. The number of carbonyl (C=O) groups excluding carboxylic acids is 2. The summed E-state index contributed by atoms with van der Waals surface area (Å²) in [5.74, 6) is -0.862. The summed E-state index contributed by atoms with van der Waals surface area (Å²) >= 11 is 0. The van der Waals surface area contributed by atoms with Crippen molar-refractivity contribution in [3.63, 3.8) is 0 Å². The van der Waals surface area contributed by atoms with E-state index in [1.165, 1.54) is 19.1 Å². The van der Waals surface area contributed by atoms with Crippen molar-refractivity contribution in [1.29, 1.82) is 0 Å². The SMILES string of the molecule is CC(=O)NC[C@@H]1OC(=O)N(c2ccc(-c3ccc(CNCc4cn[nH]n4)cc3)c(F)c2)C1O. The van der Waals surface area contributed by atoms with Crippen molar-refractivity contribution in [2.24, 2.45) is 0 Å². The summed E-state index contributed by atoms with van der Waals surface area (Å²) in [6, 6.07) is 11.7. The van der Waals surface area contributed by atoms with Gasteiger partial charge in [0, 0.05) is 25.6 Å². The maximum absolute atomic E-state index is 14.9. The van der Waals surface area contributed by atoms with E-state index in [1.807, 2.05) is 24.3 Å². The van der Waals surface area contributed by atoms with Crippen LogP contribution in [0.1, 0.15) is 18.2 Å². The number of nitrogens with zero attached hydrogens (tertiary/aromatic N) is 3. The average Bonchev–Trinajstić information content (AvgIpc) is 3.40. The Morgan fingerprint density at radius 1 is 1.24 bits per heavy atom. The number of anilines is 1. The van der Waals surface area contributed by atoms with Gasteiger partial charge in [-0.2, -0.15) is 15.4 Å². The van der Waals surface area contributed by atoms with Crippen LogP contribution in [0.3, 0.4) is 0 Å². The minimum Gasteiger partial charge on any atom is -0.439 e. The zero-order chi connectivity index (χ0) is 23.4. The quantitative estimate of drug-likeness (QED) is 0.407. The summed E-state index contributed by atoms with van der Waals surface area (Å²) in [5.41, 5.74) is 3.02. The molecule has 1 aliphatic heterocycles. The minimum absolute atomic E-state index is 0.0426. The number of aromatic nitrogens is 3. The van der Waals surface area contributed by atoms with E-state index in [1.54, 1.807) is 12.3 Å². The number of nitrogens with one attached hydrogen (secondary N) is 3. The first kappa shape index (κ1) is 22.4. The number of benzene rings is 2. The van der Waals surface area contributed by atoms with Gasteiger partial charge in [0.15, 0.2) is 12.3 Å². The molecule has 0 radical (unpaired) electrons. The second-order valence-electron chi connectivity index (χ2n) is 7.57. The third-order valence-electron chi connectivity index (χ3n) is 5.19. The molecule has 0 saturated carbocycles. The summed E-state index contributed by atoms with van der Waals surface area (Å²) in [7, 11) is 0. The fraction of sp³-hybridized carbons (Fsp3) is 0.273. The van der Waals surface area contributed by atoms with Crippen LogP contribution in [0, 0.1) is 5.82 Å². The zero-order valence-corrected chi connectivity index (χ0v) is 17.8. The van der Waals surface area contributed by atoms with Crippen LogP contribution in [0.4, 0.5) is 14.9 Å². The predicted molar refractivity (Wildman–Crippen MR) is 116 cm³/mol. The average molecular weight is 454 g/mol. The maximum Gasteiger partial charge on any atom is 0.417 e. The Kier molecular flexibility index (Phi) is 6.61. The molecular formula is C22H23FN6O4. The highest BCUT2D eigenvalue weighted by atomic mass is 19.1. The molecule has 11 heteroatoms. The first-order chi connectivity index (χ1) is 15.9. The molecule has 172 valence electrons. The number of halogens is 1. The molecule has 33 heavy (non-hydrogen) atoms. The molecule has 2 amide bonds. The van der Waals surface area contributed by atoms with Crippen LogP contribution in [0.25, 0.3) is 11.1 Å². The highest BCUT2D eigenvalue weighted by molar-refractivity contribution is 5.90. The van der Waals surface area contributed by atoms with E-state index >= 15 is 0 Å². The first-order valence-electron chi connectivity index (χ1n) is 10.3. The molecular weight excluding hydrogens is 431 g/mol. The van der Waals surface area contributed by atoms with E-state index in [0.29, 0.717) is 24.2 Å². The van der Waals surface area contributed by atoms with E-state index in [2.05, 4.69) is 26.0 Å². The van der Waals surface area contributed by atoms with Gasteiger partial charge in [-0.15, -0.1) is 0 Å². The van der Waals surface area contributed by atoms with Crippen molar-refractivity contribution in [3.05, 3.63) is 65.7 Å². The number of hydrogen-bond donors (Lipinski definition) is 4. The Bertz CT molecular complexity index is 1120. The van der Waals surface area contributed by atoms with Crippen molar-refractivity contribution in [2.75, 3.05) is 11.4 Å². The van der Waals surface area contributed by atoms with Crippen molar-refractivity contribution in [3.8, 4) is 11.1 Å². The number of hydrogen-bond acceptors (Lipinski definition) is 7. The second-order valence-corrected chi connectivity index (χ2v) is 7.57. The van der Waals surface area contributed by atoms with E-state index in [0.717, 1.165) is 16.2 Å². The Hall–Kier alpha value is -3.83. The largest absolute Gasteiger partial charge is 0.439 e. The molecule has 0 bridgehead atoms. The summed E-state index contributed by atoms with van der Waals surface area (Å²) in [6.45, 7) is 2.46. The Morgan fingerprint density at radius 2 is 2.03 bits per heavy atom. The monoisotopic (exact) mass is 454 g/mol. The Balaban J connectivity index is 1.42. The highest BCUT2D eigenvalue weighted by Gasteiger charge is 2.41. The molecule has 4 N–H and O–H groups in total. The predicted octanol–water partition coefficient (Wildman–Crippen LogP) is 1.68. The fourth-order valence-corrected chi connectivity index (χ4v) is 3.51. The van der Waals surface area contributed by atoms with E-state index in [9.17, 15) is 19.1 Å². The summed E-state index contributed by atoms with van der Waals surface area (Å²) in [5, 5.41) is 26.4. The van der Waals surface area contributed by atoms with Gasteiger partial charge in [0.25, 0.3) is 0 Å². The number of ether oxygens (including phenoxy) is 1. The van der Waals surface area contributed by atoms with Crippen LogP contribution in [-0.2, 0) is 22.6 Å². The van der Waals surface area contributed by atoms with Gasteiger partial charge >= 0.3 is 6.09 Å². The third-order valence-corrected chi connectivity index (χ3v) is 5.19. The smallest absolute Gasteiger partial charge is 0.417 e. The van der Waals surface area contributed by atoms with Gasteiger partial charge in [-0.25, -0.2) is 14.1 Å². The minimum atomic E-state index is -1.35. The molecule has 3 aromatic rings. The molecule has 1 aliphatic rings. The standard InChI is InChI=1S/C22H23FN6O4/c1-13(30)25-12-20-21(31)29(22(32)33-20)17-6-7-18(19(23)8-17)15-4-2-14(3-5-15)9-24-10-16-11-26-28-27-16/h2-8,11,20-21,24,31H,9-10,12H2,1H3,(H,25,30)(H,26,27,28)/t20-,21?/m0/s1. The van der Waals surface area contributed by atoms with Crippen LogP contribution in [-0.4, -0.2) is 51.4 Å². The third kappa shape index (κ3) is 5.16. The van der Waals surface area contributed by atoms with Crippen LogP contribution in [0.2, 0.25) is 0 Å². The molecule has 2 atom stereocenters. The lowest BCUT2D eigenvalue weighted by atomic mass is 10.0. The lowest BCUT2D eigenvalue weighted by Crippen LogP contribution is -2.41. The van der Waals surface area contributed by atoms with Gasteiger partial charge in [-0.05, 0) is 29.3 Å². The van der Waals surface area contributed by atoms with Crippen molar-refractivity contribution >= 4 is 17.7 Å². The molecule has 0 aliphatic carbocycles. The van der Waals surface area contributed by atoms with E-state index in [-0.39, 0.29) is 18.1 Å². The van der Waals surface area contributed by atoms with E-state index in [4.69, 9.17) is 4.74 Å². The topological polar surface area (TPSA) is 132 Å². The molecule has 1 saturated heterocycles. The van der Waals surface area contributed by atoms with Crippen LogP contribution < -0.4 is 15.5 Å². The van der Waals surface area contributed by atoms with E-state index < -0.39 is 24.2 Å². The van der Waals surface area contributed by atoms with Gasteiger partial charge in [0.05, 0.1) is 24.1 Å². The van der Waals surface area contributed by atoms with Crippen LogP contribution >= 0.6 is 0 Å². The van der Waals surface area contributed by atoms with Gasteiger partial charge in [0.2, 0.25) is 5.91 Å². The zero-order valence-electron chi connectivity index (χ0n) is 17.8. The van der Waals surface area contributed by atoms with Gasteiger partial charge in [-0.1, -0.05) is 24.3 Å². The molecule has 4 rings (SSSR count). The first-order valence-corrected chi connectivity index (χ1v) is 10.3. The van der Waals surface area contributed by atoms with Crippen molar-refractivity contribution < 1.29 is 23.8 Å². The highest BCUT2D eigenvalue weighted by Crippen LogP contribution is 2.31. The number of carbonyl (C=O) groups is 2. The van der Waals surface area contributed by atoms with Crippen molar-refractivity contribution in [1.82, 2.24) is 26.0 Å². The molecule has 2 heterocycles. The van der Waals surface area contributed by atoms with Gasteiger partial charge in [0.1, 0.15) is 5.82 Å². The normalized spacial score (nSPS) is 17.8. The van der Waals surface area contributed by atoms with Crippen molar-refractivity contribution in [2.45, 2.75) is 32.3 Å². The Morgan fingerprint density at radius 3 is 2.70 bits per heavy atom. The number of aliphatic hydroxyl groups excluding tert-OH is 1. The number of rotatable bonds is 8. The number of amides is 2. The molecule has 0 spiro atoms. The fourth-order valence-electron chi connectivity index (χ4n) is 3.51. The van der Waals surface area contributed by atoms with Crippen LogP contribution in [0.15, 0.2) is 48.7 Å². The molecule has 1 fully saturated rings. The number of aromatic amines is 1. The summed E-state index contributed by atoms with van der Waals surface area (Å²) < 4.78 is 20.0.